The van der Waals surface area contributed by atoms with E-state index in [0.717, 1.165) is 0 Å². The van der Waals surface area contributed by atoms with Crippen molar-refractivity contribution < 1.29 is 9.53 Å². The molecule has 0 fully saturated rings. The van der Waals surface area contributed by atoms with E-state index in [1.165, 1.54) is 0 Å². The van der Waals surface area contributed by atoms with Gasteiger partial charge in [0.25, 0.3) is 0 Å². The highest BCUT2D eigenvalue weighted by atomic mass is 32.1. The van der Waals surface area contributed by atoms with Gasteiger partial charge in [-0.2, -0.15) is 12.6 Å². The Hall–Kier alpha value is -0.220. The number of ether oxygens (including phenoxy) is 1. The maximum Gasteiger partial charge on any atom is 0.320 e. The lowest BCUT2D eigenvalue weighted by atomic mass is 10.4. The molecular weight excluding hydrogens is 138 g/mol. The Morgan fingerprint density at radius 2 is 2.44 bits per heavy atom. The van der Waals surface area contributed by atoms with Gasteiger partial charge in [-0.25, -0.2) is 0 Å². The van der Waals surface area contributed by atoms with Gasteiger partial charge in [0.15, 0.2) is 0 Å². The molecule has 0 aromatic rings. The van der Waals surface area contributed by atoms with Crippen LogP contribution in [0.25, 0.3) is 0 Å². The Bertz CT molecular complexity index is 97.0. The van der Waals surface area contributed by atoms with Crippen molar-refractivity contribution in [2.45, 2.75) is 12.2 Å². The molecule has 0 saturated carbocycles. The Morgan fingerprint density at radius 1 is 1.89 bits per heavy atom. The first kappa shape index (κ1) is 8.78. The molecule has 0 bridgehead atoms. The number of thiol groups is 1. The summed E-state index contributed by atoms with van der Waals surface area (Å²) >= 11 is 3.86. The minimum absolute atomic E-state index is 0.224. The normalized spacial score (nSPS) is 12.8. The van der Waals surface area contributed by atoms with Crippen molar-refractivity contribution >= 4 is 18.6 Å². The molecule has 0 rings (SSSR count). The van der Waals surface area contributed by atoms with E-state index in [1.807, 2.05) is 0 Å². The second-order valence-electron chi connectivity index (χ2n) is 1.50. The van der Waals surface area contributed by atoms with Crippen LogP contribution in [0.1, 0.15) is 6.92 Å². The van der Waals surface area contributed by atoms with Crippen LogP contribution >= 0.6 is 12.6 Å². The number of esters is 1. The highest BCUT2D eigenvalue weighted by molar-refractivity contribution is 7.81. The van der Waals surface area contributed by atoms with Gasteiger partial charge in [0.1, 0.15) is 5.25 Å². The van der Waals surface area contributed by atoms with Gasteiger partial charge in [0, 0.05) is 6.54 Å². The molecule has 0 aromatic carbocycles. The van der Waals surface area contributed by atoms with E-state index in [2.05, 4.69) is 17.4 Å². The predicted molar refractivity (Wildman–Crippen MR) is 38.5 cm³/mol. The molecule has 0 aromatic heterocycles. The first-order valence-electron chi connectivity index (χ1n) is 2.77. The van der Waals surface area contributed by atoms with Gasteiger partial charge in [0.2, 0.25) is 0 Å². The van der Waals surface area contributed by atoms with Gasteiger partial charge in [-0.1, -0.05) is 0 Å². The van der Waals surface area contributed by atoms with Crippen molar-refractivity contribution in [3.05, 3.63) is 0 Å². The number of nitrogens with two attached hydrogens (primary N) is 1. The summed E-state index contributed by atoms with van der Waals surface area (Å²) in [5.41, 5.74) is 5.13. The molecule has 2 N–H and O–H groups in total. The van der Waals surface area contributed by atoms with Crippen LogP contribution in [0.5, 0.6) is 0 Å². The fourth-order valence-corrected chi connectivity index (χ4v) is 0.409. The summed E-state index contributed by atoms with van der Waals surface area (Å²) in [6, 6.07) is 0. The summed E-state index contributed by atoms with van der Waals surface area (Å²) < 4.78 is 4.60. The summed E-state index contributed by atoms with van der Waals surface area (Å²) in [6.07, 6.45) is 0. The molecule has 0 amide bonds. The van der Waals surface area contributed by atoms with E-state index in [1.54, 1.807) is 6.92 Å². The minimum atomic E-state index is -0.468. The largest absolute Gasteiger partial charge is 0.465 e. The van der Waals surface area contributed by atoms with Gasteiger partial charge in [-0.3, -0.25) is 4.79 Å². The van der Waals surface area contributed by atoms with Gasteiger partial charge in [0.05, 0.1) is 6.61 Å². The number of carbonyl (C=O) groups excluding carboxylic acids is 1. The zero-order valence-electron chi connectivity index (χ0n) is 5.33. The summed E-state index contributed by atoms with van der Waals surface area (Å²) in [7, 11) is 0. The topological polar surface area (TPSA) is 52.3 Å². The second-order valence-corrected chi connectivity index (χ2v) is 2.13. The van der Waals surface area contributed by atoms with Gasteiger partial charge >= 0.3 is 5.97 Å². The maximum absolute atomic E-state index is 10.6. The van der Waals surface area contributed by atoms with Crippen LogP contribution in [0.15, 0.2) is 0 Å². The molecule has 1 atom stereocenters. The number of hydrogen-bond donors (Lipinski definition) is 2. The number of rotatable bonds is 3. The summed E-state index contributed by atoms with van der Waals surface area (Å²) in [5, 5.41) is -0.468. The minimum Gasteiger partial charge on any atom is -0.465 e. The number of carbonyl (C=O) groups is 1. The van der Waals surface area contributed by atoms with Gasteiger partial charge < -0.3 is 10.5 Å². The van der Waals surface area contributed by atoms with E-state index in [-0.39, 0.29) is 12.5 Å². The standard InChI is InChI=1S/C5H11NO2S/c1-2-8-5(7)4(9)3-6/h4,9H,2-3,6H2,1H3. The average molecular weight is 149 g/mol. The molecule has 0 aliphatic rings. The van der Waals surface area contributed by atoms with Crippen LogP contribution in [0.3, 0.4) is 0 Å². The molecular formula is C5H11NO2S. The van der Waals surface area contributed by atoms with Crippen molar-refractivity contribution in [2.75, 3.05) is 13.2 Å². The van der Waals surface area contributed by atoms with Crippen LogP contribution in [-0.4, -0.2) is 24.4 Å². The third-order valence-electron chi connectivity index (χ3n) is 0.782. The third kappa shape index (κ3) is 3.37. The van der Waals surface area contributed by atoms with E-state index >= 15 is 0 Å². The van der Waals surface area contributed by atoms with E-state index in [0.29, 0.717) is 6.61 Å². The summed E-state index contributed by atoms with van der Waals surface area (Å²) in [5.74, 6) is -0.344. The Labute approximate surface area is 60.0 Å². The molecule has 9 heavy (non-hydrogen) atoms. The molecule has 3 nitrogen and oxygen atoms in total. The van der Waals surface area contributed by atoms with Crippen molar-refractivity contribution in [2.24, 2.45) is 5.73 Å². The molecule has 0 spiro atoms. The van der Waals surface area contributed by atoms with Crippen molar-refractivity contribution in [1.29, 1.82) is 0 Å². The highest BCUT2D eigenvalue weighted by Gasteiger charge is 2.11. The first-order valence-corrected chi connectivity index (χ1v) is 3.28. The molecule has 0 heterocycles. The van der Waals surface area contributed by atoms with Gasteiger partial charge in [-0.05, 0) is 6.92 Å². The van der Waals surface area contributed by atoms with Crippen molar-refractivity contribution in [3.63, 3.8) is 0 Å². The average Bonchev–Trinajstić information content (AvgIpc) is 1.87. The van der Waals surface area contributed by atoms with E-state index in [9.17, 15) is 4.79 Å². The predicted octanol–water partition coefficient (Wildman–Crippen LogP) is -0.193. The SMILES string of the molecule is CCOC(=O)C(S)CN. The molecule has 4 heteroatoms. The highest BCUT2D eigenvalue weighted by Crippen LogP contribution is 1.94. The Balaban J connectivity index is 3.46. The van der Waals surface area contributed by atoms with Crippen LogP contribution in [0, 0.1) is 0 Å². The molecule has 54 valence electrons. The second kappa shape index (κ2) is 4.64. The van der Waals surface area contributed by atoms with E-state index < -0.39 is 5.25 Å². The Kier molecular flexibility index (Phi) is 4.53. The Morgan fingerprint density at radius 3 is 2.78 bits per heavy atom. The first-order chi connectivity index (χ1) is 4.22. The lowest BCUT2D eigenvalue weighted by Gasteiger charge is -2.04. The van der Waals surface area contributed by atoms with Crippen LogP contribution in [0.4, 0.5) is 0 Å². The maximum atomic E-state index is 10.6. The molecule has 0 radical (unpaired) electrons. The monoisotopic (exact) mass is 149 g/mol. The third-order valence-corrected chi connectivity index (χ3v) is 1.20. The zero-order chi connectivity index (χ0) is 7.28. The molecule has 0 aliphatic heterocycles. The van der Waals surface area contributed by atoms with Crippen molar-refractivity contribution in [1.82, 2.24) is 0 Å². The number of hydrogen-bond acceptors (Lipinski definition) is 4. The van der Waals surface area contributed by atoms with Gasteiger partial charge in [-0.15, -0.1) is 0 Å². The fraction of sp³-hybridized carbons (Fsp3) is 0.800. The fourth-order valence-electron chi connectivity index (χ4n) is 0.335. The zero-order valence-corrected chi connectivity index (χ0v) is 6.23. The quantitative estimate of drug-likeness (QED) is 0.432. The lowest BCUT2D eigenvalue weighted by Crippen LogP contribution is -2.26. The lowest BCUT2D eigenvalue weighted by molar-refractivity contribution is -0.142. The van der Waals surface area contributed by atoms with Crippen molar-refractivity contribution in [3.8, 4) is 0 Å². The van der Waals surface area contributed by atoms with Crippen LogP contribution in [0.2, 0.25) is 0 Å². The smallest absolute Gasteiger partial charge is 0.320 e. The molecule has 0 aliphatic carbocycles. The summed E-state index contributed by atoms with van der Waals surface area (Å²) in [4.78, 5) is 10.6. The molecule has 0 saturated heterocycles. The van der Waals surface area contributed by atoms with Crippen LogP contribution in [-0.2, 0) is 9.53 Å². The summed E-state index contributed by atoms with van der Waals surface area (Å²) in [6.45, 7) is 2.35. The van der Waals surface area contributed by atoms with E-state index in [4.69, 9.17) is 5.73 Å². The van der Waals surface area contributed by atoms with Crippen LogP contribution < -0.4 is 5.73 Å². The molecule has 1 unspecified atom stereocenters.